The number of sulfonamides is 1. The first-order valence-electron chi connectivity index (χ1n) is 9.61. The van der Waals surface area contributed by atoms with Gasteiger partial charge in [0.2, 0.25) is 10.0 Å². The van der Waals surface area contributed by atoms with Crippen LogP contribution in [0.25, 0.3) is 10.9 Å². The summed E-state index contributed by atoms with van der Waals surface area (Å²) in [6, 6.07) is 4.26. The number of benzene rings is 1. The zero-order valence-electron chi connectivity index (χ0n) is 17.2. The number of rotatable bonds is 6. The van der Waals surface area contributed by atoms with Gasteiger partial charge in [-0.15, -0.1) is 5.10 Å². The van der Waals surface area contributed by atoms with Crippen molar-refractivity contribution in [2.75, 3.05) is 0 Å². The molecule has 11 heteroatoms. The molecule has 4 rings (SSSR count). The second kappa shape index (κ2) is 7.10. The first-order valence-corrected chi connectivity index (χ1v) is 11.9. The van der Waals surface area contributed by atoms with Crippen LogP contribution in [0.1, 0.15) is 50.1 Å². The summed E-state index contributed by atoms with van der Waals surface area (Å²) in [4.78, 5) is 26.8. The Morgan fingerprint density at radius 2 is 1.97 bits per heavy atom. The van der Waals surface area contributed by atoms with E-state index in [9.17, 15) is 18.0 Å². The normalized spacial score (nSPS) is 15.8. The minimum Gasteiger partial charge on any atom is -0.296 e. The monoisotopic (exact) mass is 449 g/mol. The maximum atomic E-state index is 13.2. The molecule has 1 saturated carbocycles. The van der Waals surface area contributed by atoms with Crippen molar-refractivity contribution in [1.29, 1.82) is 0 Å². The van der Waals surface area contributed by atoms with Crippen LogP contribution in [0.4, 0.5) is 0 Å². The van der Waals surface area contributed by atoms with Gasteiger partial charge in [0.25, 0.3) is 5.56 Å². The van der Waals surface area contributed by atoms with Gasteiger partial charge >= 0.3 is 5.69 Å². The van der Waals surface area contributed by atoms with Crippen LogP contribution in [0, 0.1) is 0 Å². The fraction of sp³-hybridized carbons (Fsp3) is 0.474. The molecule has 0 aliphatic heterocycles. The highest BCUT2D eigenvalue weighted by atomic mass is 32.2. The second-order valence-corrected chi connectivity index (χ2v) is 10.8. The van der Waals surface area contributed by atoms with Crippen LogP contribution < -0.4 is 16.0 Å². The highest BCUT2D eigenvalue weighted by Crippen LogP contribution is 2.36. The topological polar surface area (TPSA) is 116 Å². The van der Waals surface area contributed by atoms with E-state index in [0.717, 1.165) is 39.5 Å². The van der Waals surface area contributed by atoms with Crippen molar-refractivity contribution < 1.29 is 8.42 Å². The Morgan fingerprint density at radius 1 is 1.27 bits per heavy atom. The summed E-state index contributed by atoms with van der Waals surface area (Å²) in [7, 11) is -2.21. The van der Waals surface area contributed by atoms with Crippen LogP contribution in [0.5, 0.6) is 0 Å². The summed E-state index contributed by atoms with van der Waals surface area (Å²) in [6.45, 7) is 5.82. The molecule has 3 aromatic rings. The lowest BCUT2D eigenvalue weighted by Crippen LogP contribution is -2.39. The minimum absolute atomic E-state index is 0.00718. The van der Waals surface area contributed by atoms with Crippen LogP contribution in [0.2, 0.25) is 0 Å². The first-order chi connectivity index (χ1) is 14.0. The number of hydrogen-bond acceptors (Lipinski definition) is 7. The van der Waals surface area contributed by atoms with Crippen molar-refractivity contribution in [2.45, 2.75) is 56.5 Å². The van der Waals surface area contributed by atoms with Gasteiger partial charge in [-0.3, -0.25) is 13.9 Å². The summed E-state index contributed by atoms with van der Waals surface area (Å²) in [5.41, 5.74) is -0.318. The van der Waals surface area contributed by atoms with Crippen LogP contribution >= 0.6 is 11.5 Å². The molecule has 0 radical (unpaired) electrons. The number of nitrogens with zero attached hydrogens (tertiary/aromatic N) is 4. The van der Waals surface area contributed by atoms with Crippen molar-refractivity contribution in [3.63, 3.8) is 0 Å². The molecule has 1 aliphatic carbocycles. The van der Waals surface area contributed by atoms with Crippen molar-refractivity contribution in [2.24, 2.45) is 7.05 Å². The molecule has 160 valence electrons. The third-order valence-corrected chi connectivity index (χ3v) is 7.81. The molecule has 0 bridgehead atoms. The molecule has 1 aromatic carbocycles. The van der Waals surface area contributed by atoms with Crippen LogP contribution in [0.15, 0.2) is 32.7 Å². The largest absolute Gasteiger partial charge is 0.331 e. The van der Waals surface area contributed by atoms with Crippen LogP contribution in [-0.2, 0) is 23.6 Å². The molecule has 2 heterocycles. The fourth-order valence-electron chi connectivity index (χ4n) is 3.38. The van der Waals surface area contributed by atoms with E-state index < -0.39 is 26.8 Å². The van der Waals surface area contributed by atoms with E-state index in [4.69, 9.17) is 0 Å². The fourth-order valence-corrected chi connectivity index (χ4v) is 5.66. The number of aromatic nitrogens is 4. The summed E-state index contributed by atoms with van der Waals surface area (Å²) < 4.78 is 34.6. The van der Waals surface area contributed by atoms with Gasteiger partial charge in [-0.2, -0.15) is 0 Å². The van der Waals surface area contributed by atoms with E-state index in [2.05, 4.69) is 14.3 Å². The zero-order chi connectivity index (χ0) is 21.8. The second-order valence-electron chi connectivity index (χ2n) is 8.31. The number of hydrogen-bond donors (Lipinski definition) is 1. The maximum absolute atomic E-state index is 13.2. The molecule has 2 aromatic heterocycles. The van der Waals surface area contributed by atoms with Crippen molar-refractivity contribution in [3.05, 3.63) is 49.6 Å². The summed E-state index contributed by atoms with van der Waals surface area (Å²) in [6.07, 6.45) is 1.56. The maximum Gasteiger partial charge on any atom is 0.331 e. The molecule has 1 aliphatic rings. The Kier molecular flexibility index (Phi) is 4.94. The quantitative estimate of drug-likeness (QED) is 0.610. The minimum atomic E-state index is -3.77. The highest BCUT2D eigenvalue weighted by Gasteiger charge is 2.41. The van der Waals surface area contributed by atoms with Gasteiger partial charge in [0.1, 0.15) is 0 Å². The first kappa shape index (κ1) is 20.9. The van der Waals surface area contributed by atoms with E-state index in [-0.39, 0.29) is 22.7 Å². The van der Waals surface area contributed by atoms with Crippen molar-refractivity contribution in [1.82, 2.24) is 23.4 Å². The van der Waals surface area contributed by atoms with Gasteiger partial charge in [0.05, 0.1) is 32.9 Å². The summed E-state index contributed by atoms with van der Waals surface area (Å²) in [5.74, 6) is 0.102. The third-order valence-electron chi connectivity index (χ3n) is 5.45. The average Bonchev–Trinajstić information content (AvgIpc) is 3.21. The Bertz CT molecular complexity index is 1360. The zero-order valence-corrected chi connectivity index (χ0v) is 18.8. The molecule has 0 saturated heterocycles. The molecule has 1 fully saturated rings. The van der Waals surface area contributed by atoms with E-state index in [1.165, 1.54) is 22.8 Å². The molecule has 30 heavy (non-hydrogen) atoms. The standard InChI is InChI=1S/C19H23N5O4S2/c1-11(2)16-15(29-22-20-16)10-24-17(25)13-9-12(5-6-14(13)23(4)18(24)26)30(27,28)21-19(3)7-8-19/h5-6,9,11,21H,7-8,10H2,1-4H3. The van der Waals surface area contributed by atoms with Gasteiger partial charge in [-0.05, 0) is 55.4 Å². The van der Waals surface area contributed by atoms with Crippen molar-refractivity contribution >= 4 is 32.5 Å². The number of aryl methyl sites for hydroxylation is 1. The SMILES string of the molecule is CC(C)c1nnsc1Cn1c(=O)c2cc(S(=O)(=O)NC3(C)CC3)ccc2n(C)c1=O. The predicted octanol–water partition coefficient (Wildman–Crippen LogP) is 1.55. The van der Waals surface area contributed by atoms with Gasteiger partial charge in [0, 0.05) is 12.6 Å². The number of nitrogens with one attached hydrogen (secondary N) is 1. The molecule has 9 nitrogen and oxygen atoms in total. The lowest BCUT2D eigenvalue weighted by Gasteiger charge is -2.14. The van der Waals surface area contributed by atoms with Gasteiger partial charge in [-0.25, -0.2) is 17.9 Å². The van der Waals surface area contributed by atoms with E-state index in [0.29, 0.717) is 5.52 Å². The summed E-state index contributed by atoms with van der Waals surface area (Å²) >= 11 is 1.15. The summed E-state index contributed by atoms with van der Waals surface area (Å²) in [5, 5.41) is 4.27. The number of fused-ring (bicyclic) bond motifs is 1. The lowest BCUT2D eigenvalue weighted by molar-refractivity contribution is 0.558. The molecule has 0 amide bonds. The molecular weight excluding hydrogens is 426 g/mol. The average molecular weight is 450 g/mol. The Morgan fingerprint density at radius 3 is 2.60 bits per heavy atom. The Balaban J connectivity index is 1.85. The third kappa shape index (κ3) is 3.61. The predicted molar refractivity (Wildman–Crippen MR) is 115 cm³/mol. The van der Waals surface area contributed by atoms with Gasteiger partial charge in [-0.1, -0.05) is 18.3 Å². The van der Waals surface area contributed by atoms with Crippen molar-refractivity contribution in [3.8, 4) is 0 Å². The van der Waals surface area contributed by atoms with E-state index >= 15 is 0 Å². The van der Waals surface area contributed by atoms with Gasteiger partial charge < -0.3 is 0 Å². The molecular formula is C19H23N5O4S2. The Labute approximate surface area is 177 Å². The molecule has 0 spiro atoms. The van der Waals surface area contributed by atoms with E-state index in [1.54, 1.807) is 7.05 Å². The molecule has 0 unspecified atom stereocenters. The molecule has 0 atom stereocenters. The lowest BCUT2D eigenvalue weighted by atomic mass is 10.1. The van der Waals surface area contributed by atoms with Crippen LogP contribution in [0.3, 0.4) is 0 Å². The highest BCUT2D eigenvalue weighted by molar-refractivity contribution is 7.89. The van der Waals surface area contributed by atoms with Gasteiger partial charge in [0.15, 0.2) is 0 Å². The molecule has 1 N–H and O–H groups in total. The Hall–Kier alpha value is -2.37. The smallest absolute Gasteiger partial charge is 0.296 e. The van der Waals surface area contributed by atoms with E-state index in [1.807, 2.05) is 20.8 Å². The van der Waals surface area contributed by atoms with Crippen LogP contribution in [-0.4, -0.2) is 32.7 Å².